The Morgan fingerprint density at radius 2 is 1.89 bits per heavy atom. The summed E-state index contributed by atoms with van der Waals surface area (Å²) in [6.45, 7) is 4.49. The molecule has 0 aliphatic heterocycles. The third-order valence-corrected chi connectivity index (χ3v) is 4.92. The number of rotatable bonds is 4. The van der Waals surface area contributed by atoms with Gasteiger partial charge in [0.1, 0.15) is 0 Å². The van der Waals surface area contributed by atoms with Crippen LogP contribution < -0.4 is 0 Å². The van der Waals surface area contributed by atoms with Gasteiger partial charge in [0.15, 0.2) is 0 Å². The van der Waals surface area contributed by atoms with Gasteiger partial charge < -0.3 is 4.74 Å². The first-order valence-electron chi connectivity index (χ1n) is 8.15. The van der Waals surface area contributed by atoms with Crippen LogP contribution in [0.5, 0.6) is 0 Å². The van der Waals surface area contributed by atoms with Crippen molar-refractivity contribution in [1.29, 1.82) is 0 Å². The summed E-state index contributed by atoms with van der Waals surface area (Å²) in [5.41, 5.74) is 0.985. The number of esters is 1. The highest BCUT2D eigenvalue weighted by Gasteiger charge is 2.40. The standard InChI is InChI=1S/C17H28O2/c1-3-8-16(17(18)19-4-2)15-12-11-13-9-6-5-7-10-14(13)15/h8,13-15H,3-7,9-12H2,1-2H3. The Kier molecular flexibility index (Phi) is 5.47. The van der Waals surface area contributed by atoms with E-state index >= 15 is 0 Å². The molecule has 3 atom stereocenters. The zero-order chi connectivity index (χ0) is 13.7. The summed E-state index contributed by atoms with van der Waals surface area (Å²) < 4.78 is 5.27. The molecule has 2 saturated carbocycles. The molecule has 0 radical (unpaired) electrons. The van der Waals surface area contributed by atoms with Gasteiger partial charge in [-0.25, -0.2) is 4.79 Å². The SMILES string of the molecule is CCC=C(C(=O)OCC)C1CCC2CCCCCC21. The summed E-state index contributed by atoms with van der Waals surface area (Å²) in [7, 11) is 0. The molecule has 2 aliphatic rings. The maximum absolute atomic E-state index is 12.2. The van der Waals surface area contributed by atoms with Gasteiger partial charge in [0.05, 0.1) is 6.61 Å². The van der Waals surface area contributed by atoms with Crippen LogP contribution in [0, 0.1) is 17.8 Å². The normalized spacial score (nSPS) is 31.7. The molecule has 0 N–H and O–H groups in total. The van der Waals surface area contributed by atoms with Crippen LogP contribution >= 0.6 is 0 Å². The lowest BCUT2D eigenvalue weighted by atomic mass is 9.81. The molecule has 19 heavy (non-hydrogen) atoms. The molecule has 2 aliphatic carbocycles. The van der Waals surface area contributed by atoms with Crippen LogP contribution in [0.2, 0.25) is 0 Å². The molecule has 3 unspecified atom stereocenters. The van der Waals surface area contributed by atoms with E-state index in [4.69, 9.17) is 4.74 Å². The Labute approximate surface area is 117 Å². The predicted octanol–water partition coefficient (Wildman–Crippen LogP) is 4.49. The number of fused-ring (bicyclic) bond motifs is 1. The van der Waals surface area contributed by atoms with Gasteiger partial charge in [-0.2, -0.15) is 0 Å². The van der Waals surface area contributed by atoms with Crippen molar-refractivity contribution in [3.63, 3.8) is 0 Å². The Hall–Kier alpha value is -0.790. The molecule has 0 aromatic heterocycles. The fraction of sp³-hybridized carbons (Fsp3) is 0.824. The molecule has 108 valence electrons. The molecular weight excluding hydrogens is 236 g/mol. The van der Waals surface area contributed by atoms with Gasteiger partial charge in [0, 0.05) is 5.57 Å². The second kappa shape index (κ2) is 7.12. The molecule has 0 amide bonds. The summed E-state index contributed by atoms with van der Waals surface area (Å²) in [6, 6.07) is 0. The van der Waals surface area contributed by atoms with Gasteiger partial charge in [0.25, 0.3) is 0 Å². The van der Waals surface area contributed by atoms with Gasteiger partial charge in [-0.3, -0.25) is 0 Å². The topological polar surface area (TPSA) is 26.3 Å². The van der Waals surface area contributed by atoms with E-state index in [1.54, 1.807) is 0 Å². The average molecular weight is 264 g/mol. The molecule has 0 heterocycles. The number of allylic oxidation sites excluding steroid dienone is 1. The molecule has 2 nitrogen and oxygen atoms in total. The Morgan fingerprint density at radius 1 is 1.11 bits per heavy atom. The minimum absolute atomic E-state index is 0.0563. The van der Waals surface area contributed by atoms with Crippen molar-refractivity contribution in [3.05, 3.63) is 11.6 Å². The van der Waals surface area contributed by atoms with Crippen LogP contribution in [0.25, 0.3) is 0 Å². The van der Waals surface area contributed by atoms with Crippen LogP contribution in [0.3, 0.4) is 0 Å². The number of carbonyl (C=O) groups excluding carboxylic acids is 1. The lowest BCUT2D eigenvalue weighted by Crippen LogP contribution is -2.22. The van der Waals surface area contributed by atoms with Gasteiger partial charge >= 0.3 is 5.97 Å². The van der Waals surface area contributed by atoms with Crippen molar-refractivity contribution >= 4 is 5.97 Å². The van der Waals surface area contributed by atoms with Gasteiger partial charge in [-0.1, -0.05) is 38.7 Å². The second-order valence-corrected chi connectivity index (χ2v) is 6.03. The number of hydrogen-bond acceptors (Lipinski definition) is 2. The third kappa shape index (κ3) is 3.40. The first-order valence-corrected chi connectivity index (χ1v) is 8.15. The Bertz CT molecular complexity index is 332. The van der Waals surface area contributed by atoms with Crippen molar-refractivity contribution in [2.75, 3.05) is 6.61 Å². The fourth-order valence-electron chi connectivity index (χ4n) is 4.12. The van der Waals surface area contributed by atoms with Crippen LogP contribution in [-0.2, 0) is 9.53 Å². The summed E-state index contributed by atoms with van der Waals surface area (Å²) >= 11 is 0. The largest absolute Gasteiger partial charge is 0.463 e. The Balaban J connectivity index is 2.13. The zero-order valence-electron chi connectivity index (χ0n) is 12.5. The van der Waals surface area contributed by atoms with Crippen LogP contribution in [-0.4, -0.2) is 12.6 Å². The van der Waals surface area contributed by atoms with E-state index in [1.165, 1.54) is 44.9 Å². The smallest absolute Gasteiger partial charge is 0.333 e. The molecular formula is C17H28O2. The maximum atomic E-state index is 12.2. The van der Waals surface area contributed by atoms with Crippen molar-refractivity contribution in [3.8, 4) is 0 Å². The van der Waals surface area contributed by atoms with E-state index in [-0.39, 0.29) is 5.97 Å². The van der Waals surface area contributed by atoms with Crippen molar-refractivity contribution in [2.45, 2.75) is 65.2 Å². The Morgan fingerprint density at radius 3 is 2.63 bits per heavy atom. The third-order valence-electron chi connectivity index (χ3n) is 4.92. The highest BCUT2D eigenvalue weighted by atomic mass is 16.5. The van der Waals surface area contributed by atoms with Crippen molar-refractivity contribution < 1.29 is 9.53 Å². The van der Waals surface area contributed by atoms with Crippen molar-refractivity contribution in [2.24, 2.45) is 17.8 Å². The zero-order valence-corrected chi connectivity index (χ0v) is 12.5. The monoisotopic (exact) mass is 264 g/mol. The van der Waals surface area contributed by atoms with Crippen molar-refractivity contribution in [1.82, 2.24) is 0 Å². The summed E-state index contributed by atoms with van der Waals surface area (Å²) in [6.07, 6.45) is 12.4. The summed E-state index contributed by atoms with van der Waals surface area (Å²) in [5.74, 6) is 2.02. The first-order chi connectivity index (χ1) is 9.27. The molecule has 2 fully saturated rings. The highest BCUT2D eigenvalue weighted by molar-refractivity contribution is 5.89. The number of carbonyl (C=O) groups is 1. The highest BCUT2D eigenvalue weighted by Crippen LogP contribution is 2.47. The average Bonchev–Trinajstić information content (AvgIpc) is 2.65. The number of hydrogen-bond donors (Lipinski definition) is 0. The van der Waals surface area contributed by atoms with E-state index in [2.05, 4.69) is 13.0 Å². The molecule has 0 aromatic rings. The predicted molar refractivity (Wildman–Crippen MR) is 77.8 cm³/mol. The van der Waals surface area contributed by atoms with Gasteiger partial charge in [-0.05, 0) is 50.4 Å². The molecule has 2 rings (SSSR count). The minimum Gasteiger partial charge on any atom is -0.463 e. The van der Waals surface area contributed by atoms with E-state index < -0.39 is 0 Å². The van der Waals surface area contributed by atoms with Crippen LogP contribution in [0.15, 0.2) is 11.6 Å². The second-order valence-electron chi connectivity index (χ2n) is 6.03. The van der Waals surface area contributed by atoms with Crippen LogP contribution in [0.1, 0.15) is 65.2 Å². The lowest BCUT2D eigenvalue weighted by molar-refractivity contribution is -0.139. The van der Waals surface area contributed by atoms with E-state index in [9.17, 15) is 4.79 Å². The summed E-state index contributed by atoms with van der Waals surface area (Å²) in [4.78, 5) is 12.2. The first kappa shape index (κ1) is 14.6. The molecule has 0 aromatic carbocycles. The molecule has 0 spiro atoms. The lowest BCUT2D eigenvalue weighted by Gasteiger charge is -2.24. The number of ether oxygens (including phenoxy) is 1. The maximum Gasteiger partial charge on any atom is 0.333 e. The van der Waals surface area contributed by atoms with E-state index in [1.807, 2.05) is 6.92 Å². The van der Waals surface area contributed by atoms with Crippen LogP contribution in [0.4, 0.5) is 0 Å². The quantitative estimate of drug-likeness (QED) is 0.552. The van der Waals surface area contributed by atoms with E-state index in [0.29, 0.717) is 12.5 Å². The van der Waals surface area contributed by atoms with E-state index in [0.717, 1.165) is 23.8 Å². The van der Waals surface area contributed by atoms with Gasteiger partial charge in [-0.15, -0.1) is 0 Å². The molecule has 0 saturated heterocycles. The minimum atomic E-state index is -0.0563. The molecule has 0 bridgehead atoms. The fourth-order valence-corrected chi connectivity index (χ4v) is 4.12. The molecule has 2 heteroatoms. The van der Waals surface area contributed by atoms with Gasteiger partial charge in [0.2, 0.25) is 0 Å². The summed E-state index contributed by atoms with van der Waals surface area (Å²) in [5, 5.41) is 0.